The summed E-state index contributed by atoms with van der Waals surface area (Å²) >= 11 is 1.24. The summed E-state index contributed by atoms with van der Waals surface area (Å²) < 4.78 is 1.41. The minimum absolute atomic E-state index is 0.134. The molecule has 8 heteroatoms. The molecule has 0 fully saturated rings. The predicted octanol–water partition coefficient (Wildman–Crippen LogP) is 0.329. The number of rotatable bonds is 5. The van der Waals surface area contributed by atoms with E-state index in [0.29, 0.717) is 10.3 Å². The highest BCUT2D eigenvalue weighted by Crippen LogP contribution is 2.20. The zero-order valence-corrected chi connectivity index (χ0v) is 11.6. The monoisotopic (exact) mass is 280 g/mol. The summed E-state index contributed by atoms with van der Waals surface area (Å²) in [4.78, 5) is 19.7. The van der Waals surface area contributed by atoms with Crippen molar-refractivity contribution in [1.29, 1.82) is 0 Å². The van der Waals surface area contributed by atoms with Crippen molar-refractivity contribution in [3.8, 4) is 0 Å². The molecule has 2 aromatic heterocycles. The van der Waals surface area contributed by atoms with Gasteiger partial charge in [0.05, 0.1) is 0 Å². The first-order valence-electron chi connectivity index (χ1n) is 5.96. The third-order valence-corrected chi connectivity index (χ3v) is 3.67. The van der Waals surface area contributed by atoms with Crippen LogP contribution in [0, 0.1) is 0 Å². The molecule has 0 spiro atoms. The van der Waals surface area contributed by atoms with E-state index in [1.165, 1.54) is 16.3 Å². The third kappa shape index (κ3) is 3.42. The number of nitrogens with zero attached hydrogens (tertiary/aromatic N) is 4. The van der Waals surface area contributed by atoms with Crippen molar-refractivity contribution in [2.75, 3.05) is 0 Å². The van der Waals surface area contributed by atoms with Gasteiger partial charge < -0.3 is 5.73 Å². The number of hydrogen-bond acceptors (Lipinski definition) is 6. The number of nitrogens with one attached hydrogen (secondary N) is 1. The molecule has 0 aliphatic heterocycles. The second kappa shape index (κ2) is 5.98. The molecule has 2 aromatic rings. The van der Waals surface area contributed by atoms with Crippen molar-refractivity contribution in [2.45, 2.75) is 36.1 Å². The molecule has 0 amide bonds. The Hall–Kier alpha value is -1.67. The van der Waals surface area contributed by atoms with Gasteiger partial charge in [0.1, 0.15) is 0 Å². The fourth-order valence-corrected chi connectivity index (χ4v) is 2.14. The highest BCUT2D eigenvalue weighted by atomic mass is 32.2. The summed E-state index contributed by atoms with van der Waals surface area (Å²) in [6.45, 7) is 2.05. The Morgan fingerprint density at radius 3 is 2.68 bits per heavy atom. The average molecular weight is 280 g/mol. The minimum atomic E-state index is -0.256. The van der Waals surface area contributed by atoms with E-state index in [1.807, 2.05) is 6.92 Å². The Kier molecular flexibility index (Phi) is 4.33. The Balaban J connectivity index is 2.06. The molecule has 0 saturated carbocycles. The van der Waals surface area contributed by atoms with Crippen molar-refractivity contribution in [3.05, 3.63) is 28.4 Å². The lowest BCUT2D eigenvalue weighted by atomic mass is 10.1. The van der Waals surface area contributed by atoms with Crippen LogP contribution < -0.4 is 11.4 Å². The highest BCUT2D eigenvalue weighted by Gasteiger charge is 2.09. The van der Waals surface area contributed by atoms with Gasteiger partial charge in [0, 0.05) is 25.5 Å². The average Bonchev–Trinajstić information content (AvgIpc) is 2.73. The molecule has 19 heavy (non-hydrogen) atoms. The molecule has 1 atom stereocenters. The second-order valence-corrected chi connectivity index (χ2v) is 5.15. The number of aromatic nitrogens is 5. The Morgan fingerprint density at radius 1 is 1.47 bits per heavy atom. The van der Waals surface area contributed by atoms with Gasteiger partial charge in [-0.1, -0.05) is 6.92 Å². The van der Waals surface area contributed by atoms with Gasteiger partial charge in [-0.05, 0) is 30.2 Å². The molecule has 1 unspecified atom stereocenters. The van der Waals surface area contributed by atoms with Crippen LogP contribution in [-0.2, 0) is 13.5 Å². The van der Waals surface area contributed by atoms with Gasteiger partial charge in [0.2, 0.25) is 0 Å². The number of aromatic amines is 1. The van der Waals surface area contributed by atoms with Crippen LogP contribution in [0.5, 0.6) is 0 Å². The summed E-state index contributed by atoms with van der Waals surface area (Å²) in [6.07, 6.45) is 5.21. The van der Waals surface area contributed by atoms with Crippen LogP contribution in [0.1, 0.15) is 18.9 Å². The zero-order valence-electron chi connectivity index (χ0n) is 10.8. The van der Waals surface area contributed by atoms with E-state index in [1.54, 1.807) is 19.4 Å². The van der Waals surface area contributed by atoms with Crippen molar-refractivity contribution < 1.29 is 0 Å². The molecule has 102 valence electrons. The molecule has 2 rings (SSSR count). The summed E-state index contributed by atoms with van der Waals surface area (Å²) in [6, 6.07) is 0.134. The minimum Gasteiger partial charge on any atom is -0.327 e. The van der Waals surface area contributed by atoms with E-state index < -0.39 is 0 Å². The molecule has 0 aromatic carbocycles. The Labute approximate surface area is 114 Å². The fourth-order valence-electron chi connectivity index (χ4n) is 1.45. The van der Waals surface area contributed by atoms with Crippen LogP contribution in [0.25, 0.3) is 0 Å². The van der Waals surface area contributed by atoms with Crippen molar-refractivity contribution in [2.24, 2.45) is 12.8 Å². The van der Waals surface area contributed by atoms with Crippen molar-refractivity contribution >= 4 is 11.8 Å². The second-order valence-electron chi connectivity index (χ2n) is 4.22. The van der Waals surface area contributed by atoms with Gasteiger partial charge in [-0.3, -0.25) is 4.57 Å². The van der Waals surface area contributed by atoms with E-state index in [4.69, 9.17) is 5.73 Å². The molecule has 3 N–H and O–H groups in total. The molecule has 7 nitrogen and oxygen atoms in total. The standard InChI is InChI=1S/C11H16N6OS/c1-3-8(12)4-7-5-13-9(14-6-7)19-11-16-15-10(18)17(11)2/h5-6,8H,3-4,12H2,1-2H3,(H,15,18). The topological polar surface area (TPSA) is 102 Å². The maximum absolute atomic E-state index is 11.2. The van der Waals surface area contributed by atoms with E-state index in [-0.39, 0.29) is 11.7 Å². The zero-order chi connectivity index (χ0) is 13.8. The highest BCUT2D eigenvalue weighted by molar-refractivity contribution is 7.99. The maximum atomic E-state index is 11.2. The lowest BCUT2D eigenvalue weighted by Gasteiger charge is -2.07. The third-order valence-electron chi connectivity index (χ3n) is 2.73. The molecule has 0 aliphatic carbocycles. The predicted molar refractivity (Wildman–Crippen MR) is 72.0 cm³/mol. The number of hydrogen-bond donors (Lipinski definition) is 2. The van der Waals surface area contributed by atoms with Crippen LogP contribution >= 0.6 is 11.8 Å². The summed E-state index contributed by atoms with van der Waals surface area (Å²) in [5.41, 5.74) is 6.63. The number of nitrogens with two attached hydrogens (primary N) is 1. The van der Waals surface area contributed by atoms with E-state index in [9.17, 15) is 4.79 Å². The summed E-state index contributed by atoms with van der Waals surface area (Å²) in [5.74, 6) is 0. The van der Waals surface area contributed by atoms with Crippen LogP contribution in [0.2, 0.25) is 0 Å². The van der Waals surface area contributed by atoms with Crippen molar-refractivity contribution in [3.63, 3.8) is 0 Å². The number of H-pyrrole nitrogens is 1. The van der Waals surface area contributed by atoms with Gasteiger partial charge >= 0.3 is 5.69 Å². The molecular weight excluding hydrogens is 264 g/mol. The van der Waals surface area contributed by atoms with E-state index >= 15 is 0 Å². The Morgan fingerprint density at radius 2 is 2.16 bits per heavy atom. The van der Waals surface area contributed by atoms with Crippen LogP contribution in [-0.4, -0.2) is 30.8 Å². The van der Waals surface area contributed by atoms with Gasteiger partial charge in [0.25, 0.3) is 0 Å². The summed E-state index contributed by atoms with van der Waals surface area (Å²) in [7, 11) is 1.64. The molecule has 0 bridgehead atoms. The van der Waals surface area contributed by atoms with E-state index in [0.717, 1.165) is 18.4 Å². The van der Waals surface area contributed by atoms with Crippen molar-refractivity contribution in [1.82, 2.24) is 24.7 Å². The summed E-state index contributed by atoms with van der Waals surface area (Å²) in [5, 5.41) is 7.33. The SMILES string of the molecule is CCC(N)Cc1cnc(Sc2n[nH]c(=O)n2C)nc1. The first-order valence-corrected chi connectivity index (χ1v) is 6.77. The molecule has 0 saturated heterocycles. The largest absolute Gasteiger partial charge is 0.343 e. The normalized spacial score (nSPS) is 12.6. The van der Waals surface area contributed by atoms with Gasteiger partial charge in [-0.25, -0.2) is 19.9 Å². The lowest BCUT2D eigenvalue weighted by Crippen LogP contribution is -2.21. The van der Waals surface area contributed by atoms with Gasteiger partial charge in [0.15, 0.2) is 10.3 Å². The first-order chi connectivity index (χ1) is 9.10. The first kappa shape index (κ1) is 13.8. The lowest BCUT2D eigenvalue weighted by molar-refractivity contribution is 0.641. The van der Waals surface area contributed by atoms with Crippen LogP contribution in [0.15, 0.2) is 27.5 Å². The van der Waals surface area contributed by atoms with Gasteiger partial charge in [-0.15, -0.1) is 5.10 Å². The fraction of sp³-hybridized carbons (Fsp3) is 0.455. The molecule has 0 radical (unpaired) electrons. The Bertz CT molecular complexity index is 590. The van der Waals surface area contributed by atoms with Crippen LogP contribution in [0.3, 0.4) is 0 Å². The quantitative estimate of drug-likeness (QED) is 0.765. The van der Waals surface area contributed by atoms with Gasteiger partial charge in [-0.2, -0.15) is 0 Å². The smallest absolute Gasteiger partial charge is 0.327 e. The molecule has 0 aliphatic rings. The molecular formula is C11H16N6OS. The van der Waals surface area contributed by atoms with E-state index in [2.05, 4.69) is 20.2 Å². The van der Waals surface area contributed by atoms with Crippen LogP contribution in [0.4, 0.5) is 0 Å². The maximum Gasteiger partial charge on any atom is 0.343 e. The molecule has 2 heterocycles.